The maximum atomic E-state index is 8.67. The van der Waals surface area contributed by atoms with Gasteiger partial charge < -0.3 is 2.85 Å². The van der Waals surface area contributed by atoms with E-state index in [0.717, 1.165) is 0 Å². The molecule has 0 aromatic heterocycles. The van der Waals surface area contributed by atoms with E-state index in [-0.39, 0.29) is 73.1 Å². The third-order valence-corrected chi connectivity index (χ3v) is 0. The van der Waals surface area contributed by atoms with Gasteiger partial charge in [0.25, 0.3) is 11.4 Å². The van der Waals surface area contributed by atoms with E-state index in [0.29, 0.717) is 0 Å². The van der Waals surface area contributed by atoms with Crippen LogP contribution >= 0.6 is 0 Å². The Bertz CT molecular complexity index is 40.3. The fraction of sp³-hybridized carbons (Fsp3) is 0. The predicted octanol–water partition coefficient (Wildman–Crippen LogP) is -6.09. The molecule has 2 N–H and O–H groups in total. The van der Waals surface area contributed by atoms with Crippen LogP contribution in [0.15, 0.2) is 0 Å². The van der Waals surface area contributed by atoms with E-state index < -0.39 is 11.4 Å². The molecule has 3 nitrogen and oxygen atoms in total. The summed E-state index contributed by atoms with van der Waals surface area (Å²) >= 11 is -2.61. The van der Waals surface area contributed by atoms with E-state index in [1.165, 1.54) is 0 Å². The summed E-state index contributed by atoms with van der Waals surface area (Å²) < 4.78 is 22.8. The molecule has 0 aliphatic heterocycles. The molecule has 0 unspecified atom stereocenters. The fourth-order valence-electron chi connectivity index (χ4n) is 0. The average Bonchev–Trinajstić information content (AvgIpc) is 0.811. The van der Waals surface area contributed by atoms with Gasteiger partial charge in [0.05, 0.1) is 0 Å². The van der Waals surface area contributed by atoms with Gasteiger partial charge in [-0.3, -0.25) is 9.11 Å². The molecule has 0 bridgehead atoms. The molecule has 0 aliphatic carbocycles. The average molecular weight is 130 g/mol. The topological polar surface area (TPSA) is 57.5 Å². The first kappa shape index (κ1) is 15.7. The van der Waals surface area contributed by atoms with Crippen LogP contribution in [0.25, 0.3) is 0 Å². The van der Waals surface area contributed by atoms with Crippen LogP contribution in [0.1, 0.15) is 2.85 Å². The third-order valence-electron chi connectivity index (χ3n) is 0. The third kappa shape index (κ3) is 33.4. The molecular formula is H4KLiO3S. The minimum atomic E-state index is -2.61. The van der Waals surface area contributed by atoms with Crippen molar-refractivity contribution in [3.63, 3.8) is 0 Å². The second-order valence-corrected chi connectivity index (χ2v) is 0.692. The maximum Gasteiger partial charge on any atom is 1.00 e. The first-order valence-electron chi connectivity index (χ1n) is 0.532. The van der Waals surface area contributed by atoms with Crippen molar-refractivity contribution in [2.75, 3.05) is 0 Å². The van der Waals surface area contributed by atoms with Gasteiger partial charge in [-0.2, -0.15) is 4.21 Å². The summed E-state index contributed by atoms with van der Waals surface area (Å²) in [6.45, 7) is 0. The van der Waals surface area contributed by atoms with E-state index in [1.54, 1.807) is 0 Å². The molecule has 0 saturated carbocycles. The quantitative estimate of drug-likeness (QED) is 0.253. The molecule has 0 atom stereocenters. The summed E-state index contributed by atoms with van der Waals surface area (Å²) in [5.74, 6) is 0. The molecule has 0 aliphatic rings. The van der Waals surface area contributed by atoms with Crippen molar-refractivity contribution in [2.24, 2.45) is 0 Å². The Labute approximate surface area is 95.9 Å². The van der Waals surface area contributed by atoms with Crippen LogP contribution in [0, 0.1) is 0 Å². The molecule has 0 heterocycles. The van der Waals surface area contributed by atoms with Crippen molar-refractivity contribution < 1.29 is 86.4 Å². The standard InChI is InChI=1S/K.Li.H2O3S.2H/c;;1-4(2)3;;/h;;(H2,1,2,3);;/q2*+1;;2*-1. The van der Waals surface area contributed by atoms with Crippen molar-refractivity contribution in [2.45, 2.75) is 0 Å². The zero-order chi connectivity index (χ0) is 3.58. The van der Waals surface area contributed by atoms with Crippen LogP contribution in [-0.2, 0) is 11.4 Å². The molecule has 6 heavy (non-hydrogen) atoms. The minimum absolute atomic E-state index is 0. The van der Waals surface area contributed by atoms with Crippen molar-refractivity contribution in [1.82, 2.24) is 0 Å². The zero-order valence-electron chi connectivity index (χ0n) is 5.71. The summed E-state index contributed by atoms with van der Waals surface area (Å²) in [6.07, 6.45) is 0. The summed E-state index contributed by atoms with van der Waals surface area (Å²) in [5.41, 5.74) is 0. The van der Waals surface area contributed by atoms with Crippen LogP contribution in [0.5, 0.6) is 0 Å². The first-order valence-corrected chi connectivity index (χ1v) is 1.60. The molecule has 0 fully saturated rings. The van der Waals surface area contributed by atoms with E-state index in [4.69, 9.17) is 13.3 Å². The summed E-state index contributed by atoms with van der Waals surface area (Å²) in [5, 5.41) is 0. The van der Waals surface area contributed by atoms with Crippen LogP contribution < -0.4 is 70.2 Å². The Morgan fingerprint density at radius 2 is 1.50 bits per heavy atom. The first-order chi connectivity index (χ1) is 1.73. The Kier molecular flexibility index (Phi) is 27.1. The van der Waals surface area contributed by atoms with Gasteiger partial charge in [0.1, 0.15) is 0 Å². The Balaban J connectivity index is -0.00000000750. The van der Waals surface area contributed by atoms with Crippen molar-refractivity contribution >= 4 is 11.4 Å². The zero-order valence-corrected chi connectivity index (χ0v) is 7.65. The van der Waals surface area contributed by atoms with E-state index in [9.17, 15) is 0 Å². The maximum absolute atomic E-state index is 8.67. The molecule has 0 radical (unpaired) electrons. The van der Waals surface area contributed by atoms with Crippen LogP contribution in [0.3, 0.4) is 0 Å². The fourth-order valence-corrected chi connectivity index (χ4v) is 0. The van der Waals surface area contributed by atoms with Gasteiger partial charge in [0.2, 0.25) is 0 Å². The van der Waals surface area contributed by atoms with Crippen molar-refractivity contribution in [3.8, 4) is 0 Å². The number of hydrogen-bond donors (Lipinski definition) is 2. The van der Waals surface area contributed by atoms with Crippen LogP contribution in [0.4, 0.5) is 0 Å². The second-order valence-electron chi connectivity index (χ2n) is 0.231. The molecule has 0 rings (SSSR count). The Hall–Kier alpha value is 2.30. The SMILES string of the molecule is O=S(O)O.[H-].[H-].[K+].[Li+]. The monoisotopic (exact) mass is 130 g/mol. The summed E-state index contributed by atoms with van der Waals surface area (Å²) in [4.78, 5) is 0. The van der Waals surface area contributed by atoms with E-state index in [1.807, 2.05) is 0 Å². The largest absolute Gasteiger partial charge is 1.00 e. The van der Waals surface area contributed by atoms with E-state index >= 15 is 0 Å². The molecule has 0 amide bonds. The molecule has 0 aromatic carbocycles. The number of rotatable bonds is 0. The van der Waals surface area contributed by atoms with Gasteiger partial charge in [0.15, 0.2) is 0 Å². The molecular weight excluding hydrogens is 126 g/mol. The molecule has 0 saturated heterocycles. The van der Waals surface area contributed by atoms with Gasteiger partial charge in [-0.1, -0.05) is 0 Å². The van der Waals surface area contributed by atoms with Crippen molar-refractivity contribution in [3.05, 3.63) is 0 Å². The Morgan fingerprint density at radius 3 is 1.50 bits per heavy atom. The summed E-state index contributed by atoms with van der Waals surface area (Å²) in [6, 6.07) is 0. The van der Waals surface area contributed by atoms with Gasteiger partial charge in [0, 0.05) is 0 Å². The van der Waals surface area contributed by atoms with Gasteiger partial charge in [-0.25, -0.2) is 0 Å². The Morgan fingerprint density at radius 1 is 1.50 bits per heavy atom. The number of hydrogen-bond acceptors (Lipinski definition) is 1. The molecule has 0 spiro atoms. The molecule has 6 heteroatoms. The van der Waals surface area contributed by atoms with Gasteiger partial charge in [-0.15, -0.1) is 0 Å². The van der Waals surface area contributed by atoms with Crippen LogP contribution in [0.2, 0.25) is 0 Å². The minimum Gasteiger partial charge on any atom is -1.00 e. The molecule has 30 valence electrons. The normalized spacial score (nSPS) is 5.83. The smallest absolute Gasteiger partial charge is 1.00 e. The molecule has 0 aromatic rings. The summed E-state index contributed by atoms with van der Waals surface area (Å²) in [7, 11) is 0. The predicted molar refractivity (Wildman–Crippen MR) is 15.6 cm³/mol. The van der Waals surface area contributed by atoms with Gasteiger partial charge in [-0.05, 0) is 0 Å². The van der Waals surface area contributed by atoms with Crippen molar-refractivity contribution in [1.29, 1.82) is 0 Å². The van der Waals surface area contributed by atoms with Gasteiger partial charge >= 0.3 is 70.2 Å². The van der Waals surface area contributed by atoms with Crippen LogP contribution in [-0.4, -0.2) is 13.3 Å². The second kappa shape index (κ2) is 10.3. The van der Waals surface area contributed by atoms with E-state index in [2.05, 4.69) is 0 Å².